The van der Waals surface area contributed by atoms with Crippen LogP contribution >= 0.6 is 12.2 Å². The lowest BCUT2D eigenvalue weighted by atomic mass is 9.88. The molecule has 0 saturated heterocycles. The first-order chi connectivity index (χ1) is 7.27. The Kier molecular flexibility index (Phi) is 3.57. The molecular weight excluding hydrogens is 206 g/mol. The minimum atomic E-state index is 0.277. The molecule has 0 aromatic heterocycles. The van der Waals surface area contributed by atoms with Crippen molar-refractivity contribution in [1.29, 1.82) is 0 Å². The fourth-order valence-corrected chi connectivity index (χ4v) is 3.03. The second-order valence-electron chi connectivity index (χ2n) is 4.62. The molecule has 0 aromatic rings. The number of hydrogen-bond acceptors (Lipinski definition) is 2. The fourth-order valence-electron chi connectivity index (χ4n) is 2.99. The summed E-state index contributed by atoms with van der Waals surface area (Å²) in [6.45, 7) is 0. The molecule has 2 rings (SSSR count). The van der Waals surface area contributed by atoms with Crippen LogP contribution in [0, 0.1) is 11.8 Å². The number of nitrogens with zero attached hydrogens (tertiary/aromatic N) is 1. The molecule has 84 valence electrons. The summed E-state index contributed by atoms with van der Waals surface area (Å²) in [4.78, 5) is 0. The molecule has 1 atom stereocenters. The minimum Gasteiger partial charge on any atom is -0.375 e. The van der Waals surface area contributed by atoms with Crippen molar-refractivity contribution in [2.75, 3.05) is 0 Å². The Morgan fingerprint density at radius 3 is 2.67 bits per heavy atom. The van der Waals surface area contributed by atoms with E-state index >= 15 is 0 Å². The van der Waals surface area contributed by atoms with E-state index in [1.165, 1.54) is 44.2 Å². The van der Waals surface area contributed by atoms with Crippen LogP contribution in [-0.4, -0.2) is 10.8 Å². The van der Waals surface area contributed by atoms with E-state index in [1.807, 2.05) is 0 Å². The van der Waals surface area contributed by atoms with Crippen LogP contribution in [0.4, 0.5) is 0 Å². The van der Waals surface area contributed by atoms with Gasteiger partial charge in [0.25, 0.3) is 0 Å². The standard InChI is InChI=1S/C11H19N3S/c12-11(15)14-13-10-7-3-6-9(10)8-4-1-2-5-8/h8-9H,1-7H2,(H3,12,14,15). The van der Waals surface area contributed by atoms with Gasteiger partial charge in [-0.3, -0.25) is 5.43 Å². The summed E-state index contributed by atoms with van der Waals surface area (Å²) >= 11 is 4.76. The molecule has 0 bridgehead atoms. The van der Waals surface area contributed by atoms with Crippen molar-refractivity contribution >= 4 is 23.0 Å². The van der Waals surface area contributed by atoms with Crippen LogP contribution in [-0.2, 0) is 0 Å². The Balaban J connectivity index is 1.97. The normalized spacial score (nSPS) is 29.9. The van der Waals surface area contributed by atoms with E-state index in [4.69, 9.17) is 18.0 Å². The summed E-state index contributed by atoms with van der Waals surface area (Å²) in [6, 6.07) is 0. The SMILES string of the molecule is NC(=S)NN=C1CCCC1C1CCCC1. The molecule has 2 fully saturated rings. The van der Waals surface area contributed by atoms with Gasteiger partial charge in [0.05, 0.1) is 0 Å². The highest BCUT2D eigenvalue weighted by Gasteiger charge is 2.32. The molecule has 2 aliphatic carbocycles. The molecule has 0 heterocycles. The largest absolute Gasteiger partial charge is 0.375 e. The predicted molar refractivity (Wildman–Crippen MR) is 66.7 cm³/mol. The van der Waals surface area contributed by atoms with E-state index in [2.05, 4.69) is 10.5 Å². The van der Waals surface area contributed by atoms with Gasteiger partial charge < -0.3 is 5.73 Å². The smallest absolute Gasteiger partial charge is 0.184 e. The second kappa shape index (κ2) is 4.92. The summed E-state index contributed by atoms with van der Waals surface area (Å²) in [5.41, 5.74) is 9.42. The van der Waals surface area contributed by atoms with Crippen molar-refractivity contribution in [1.82, 2.24) is 5.43 Å². The van der Waals surface area contributed by atoms with Gasteiger partial charge in [-0.25, -0.2) is 0 Å². The van der Waals surface area contributed by atoms with Crippen LogP contribution in [0.5, 0.6) is 0 Å². The third-order valence-corrected chi connectivity index (χ3v) is 3.75. The van der Waals surface area contributed by atoms with Crippen molar-refractivity contribution in [2.45, 2.75) is 44.9 Å². The van der Waals surface area contributed by atoms with Crippen LogP contribution in [0.3, 0.4) is 0 Å². The quantitative estimate of drug-likeness (QED) is 0.559. The van der Waals surface area contributed by atoms with Gasteiger partial charge in [-0.2, -0.15) is 5.10 Å². The van der Waals surface area contributed by atoms with E-state index in [-0.39, 0.29) is 5.11 Å². The number of rotatable bonds is 2. The molecule has 1 unspecified atom stereocenters. The molecule has 2 saturated carbocycles. The van der Waals surface area contributed by atoms with Gasteiger partial charge in [0, 0.05) is 11.6 Å². The highest BCUT2D eigenvalue weighted by molar-refractivity contribution is 7.80. The molecule has 0 amide bonds. The van der Waals surface area contributed by atoms with Gasteiger partial charge in [-0.1, -0.05) is 12.8 Å². The number of thiocarbonyl (C=S) groups is 1. The van der Waals surface area contributed by atoms with Crippen LogP contribution in [0.1, 0.15) is 44.9 Å². The molecule has 4 heteroatoms. The fraction of sp³-hybridized carbons (Fsp3) is 0.818. The van der Waals surface area contributed by atoms with Crippen LogP contribution in [0.2, 0.25) is 0 Å². The van der Waals surface area contributed by atoms with Crippen molar-refractivity contribution in [3.63, 3.8) is 0 Å². The minimum absolute atomic E-state index is 0.277. The van der Waals surface area contributed by atoms with E-state index in [0.29, 0.717) is 5.92 Å². The Bertz CT molecular complexity index is 269. The van der Waals surface area contributed by atoms with Crippen LogP contribution in [0.15, 0.2) is 5.10 Å². The van der Waals surface area contributed by atoms with E-state index in [9.17, 15) is 0 Å². The number of hydrogen-bond donors (Lipinski definition) is 2. The Morgan fingerprint density at radius 1 is 1.27 bits per heavy atom. The van der Waals surface area contributed by atoms with Gasteiger partial charge in [-0.05, 0) is 50.2 Å². The maximum Gasteiger partial charge on any atom is 0.184 e. The lowest BCUT2D eigenvalue weighted by molar-refractivity contribution is 0.423. The Hall–Kier alpha value is -0.640. The lowest BCUT2D eigenvalue weighted by Gasteiger charge is -2.18. The lowest BCUT2D eigenvalue weighted by Crippen LogP contribution is -2.27. The molecule has 3 nitrogen and oxygen atoms in total. The molecule has 15 heavy (non-hydrogen) atoms. The maximum atomic E-state index is 5.38. The summed E-state index contributed by atoms with van der Waals surface area (Å²) in [6.07, 6.45) is 9.28. The van der Waals surface area contributed by atoms with Gasteiger partial charge in [0.1, 0.15) is 0 Å². The van der Waals surface area contributed by atoms with Gasteiger partial charge in [-0.15, -0.1) is 0 Å². The van der Waals surface area contributed by atoms with Crippen LogP contribution in [0.25, 0.3) is 0 Å². The highest BCUT2D eigenvalue weighted by Crippen LogP contribution is 2.38. The average molecular weight is 225 g/mol. The zero-order valence-electron chi connectivity index (χ0n) is 9.04. The monoisotopic (exact) mass is 225 g/mol. The first-order valence-electron chi connectivity index (χ1n) is 5.89. The topological polar surface area (TPSA) is 50.4 Å². The number of hydrazone groups is 1. The van der Waals surface area contributed by atoms with Crippen molar-refractivity contribution in [2.24, 2.45) is 22.7 Å². The Labute approximate surface area is 96.5 Å². The van der Waals surface area contributed by atoms with Crippen molar-refractivity contribution < 1.29 is 0 Å². The van der Waals surface area contributed by atoms with E-state index in [1.54, 1.807) is 0 Å². The molecule has 0 aromatic carbocycles. The van der Waals surface area contributed by atoms with Gasteiger partial charge >= 0.3 is 0 Å². The summed E-state index contributed by atoms with van der Waals surface area (Å²) < 4.78 is 0. The van der Waals surface area contributed by atoms with Gasteiger partial charge in [0.2, 0.25) is 0 Å². The molecule has 0 aliphatic heterocycles. The molecule has 2 aliphatic rings. The Morgan fingerprint density at radius 2 is 2.00 bits per heavy atom. The molecule has 0 spiro atoms. The third kappa shape index (κ3) is 2.68. The third-order valence-electron chi connectivity index (χ3n) is 3.65. The zero-order chi connectivity index (χ0) is 10.7. The molecule has 3 N–H and O–H groups in total. The molecular formula is C11H19N3S. The summed E-state index contributed by atoms with van der Waals surface area (Å²) in [5.74, 6) is 1.58. The maximum absolute atomic E-state index is 5.38. The van der Waals surface area contributed by atoms with Gasteiger partial charge in [0.15, 0.2) is 5.11 Å². The number of nitrogens with one attached hydrogen (secondary N) is 1. The second-order valence-corrected chi connectivity index (χ2v) is 5.06. The van der Waals surface area contributed by atoms with E-state index < -0.39 is 0 Å². The van der Waals surface area contributed by atoms with E-state index in [0.717, 1.165) is 12.3 Å². The average Bonchev–Trinajstić information content (AvgIpc) is 2.85. The summed E-state index contributed by atoms with van der Waals surface area (Å²) in [5, 5.41) is 4.63. The number of nitrogens with two attached hydrogens (primary N) is 1. The van der Waals surface area contributed by atoms with Crippen molar-refractivity contribution in [3.05, 3.63) is 0 Å². The van der Waals surface area contributed by atoms with Crippen LogP contribution < -0.4 is 11.2 Å². The summed E-state index contributed by atoms with van der Waals surface area (Å²) in [7, 11) is 0. The first-order valence-corrected chi connectivity index (χ1v) is 6.30. The molecule has 0 radical (unpaired) electrons. The first kappa shape index (κ1) is 10.9. The van der Waals surface area contributed by atoms with Crippen molar-refractivity contribution in [3.8, 4) is 0 Å². The zero-order valence-corrected chi connectivity index (χ0v) is 9.85. The predicted octanol–water partition coefficient (Wildman–Crippen LogP) is 2.17. The highest BCUT2D eigenvalue weighted by atomic mass is 32.1.